The highest BCUT2D eigenvalue weighted by Gasteiger charge is 2.64. The summed E-state index contributed by atoms with van der Waals surface area (Å²) in [5.74, 6) is -7.32. The lowest BCUT2D eigenvalue weighted by Crippen LogP contribution is -2.65. The number of nitrogens with two attached hydrogens (primary N) is 1. The normalized spacial score (nSPS) is 28.1. The van der Waals surface area contributed by atoms with Gasteiger partial charge in [-0.05, 0) is 57.0 Å². The molecule has 0 spiro atoms. The minimum absolute atomic E-state index is 0.0250. The molecule has 0 aliphatic heterocycles. The number of hydrogen-bond acceptors (Lipinski definition) is 9. The largest absolute Gasteiger partial charge is 0.508 e. The van der Waals surface area contributed by atoms with E-state index in [-0.39, 0.29) is 41.9 Å². The SMILES string of the molecule is CCCC(=O)c1ccc(O)c2c1C[C@H]1C[C@H]3[C@H](N(C)C)C(=O)C(C(N)=O)=C(O)[C@@]3(O)C(=O)C1=C2O. The molecule has 0 saturated heterocycles. The standard InChI is InChI=1S/C25H28N2O8/c1-4-5-14(28)11-6-7-15(29)17-12(11)8-10-9-13-19(27(2)3)21(31)18(24(26)34)23(33)25(13,35)22(32)16(10)20(17)30/h6-7,10,13,19,29-30,33,35H,4-5,8-9H2,1-3H3,(H2,26,34)/t10-,13-,19-,25-/m0/s1. The molecule has 1 amide bonds. The summed E-state index contributed by atoms with van der Waals surface area (Å²) in [5, 5.41) is 44.0. The molecule has 6 N–H and O–H groups in total. The number of ketones is 3. The predicted molar refractivity (Wildman–Crippen MR) is 123 cm³/mol. The molecule has 1 aromatic carbocycles. The van der Waals surface area contributed by atoms with Crippen molar-refractivity contribution in [2.45, 2.75) is 44.2 Å². The lowest BCUT2D eigenvalue weighted by Gasteiger charge is -2.50. The number of rotatable bonds is 5. The van der Waals surface area contributed by atoms with Gasteiger partial charge in [0.15, 0.2) is 17.2 Å². The maximum Gasteiger partial charge on any atom is 0.255 e. The van der Waals surface area contributed by atoms with Gasteiger partial charge in [0.05, 0.1) is 11.6 Å². The van der Waals surface area contributed by atoms with Crippen LogP contribution in [0.5, 0.6) is 5.75 Å². The summed E-state index contributed by atoms with van der Waals surface area (Å²) < 4.78 is 0. The van der Waals surface area contributed by atoms with Crippen LogP contribution in [-0.2, 0) is 20.8 Å². The Morgan fingerprint density at radius 1 is 1.17 bits per heavy atom. The highest BCUT2D eigenvalue weighted by Crippen LogP contribution is 2.53. The molecule has 3 aliphatic rings. The minimum atomic E-state index is -2.68. The number of benzene rings is 1. The van der Waals surface area contributed by atoms with Crippen molar-refractivity contribution < 1.29 is 39.6 Å². The van der Waals surface area contributed by atoms with Crippen molar-refractivity contribution in [1.29, 1.82) is 0 Å². The van der Waals surface area contributed by atoms with E-state index in [0.717, 1.165) is 0 Å². The average Bonchev–Trinajstić information content (AvgIpc) is 2.76. The number of likely N-dealkylation sites (N-methyl/N-ethyl adjacent to an activating group) is 1. The molecule has 0 aromatic heterocycles. The number of carbonyl (C=O) groups excluding carboxylic acids is 4. The number of hydrogen-bond donors (Lipinski definition) is 5. The highest BCUT2D eigenvalue weighted by molar-refractivity contribution is 6.24. The van der Waals surface area contributed by atoms with Gasteiger partial charge in [0.2, 0.25) is 5.78 Å². The topological polar surface area (TPSA) is 178 Å². The Morgan fingerprint density at radius 2 is 1.83 bits per heavy atom. The molecule has 0 radical (unpaired) electrons. The van der Waals surface area contributed by atoms with E-state index < -0.39 is 58.0 Å². The lowest BCUT2D eigenvalue weighted by atomic mass is 9.57. The van der Waals surface area contributed by atoms with Gasteiger partial charge in [-0.1, -0.05) is 6.92 Å². The van der Waals surface area contributed by atoms with Crippen LogP contribution in [0.3, 0.4) is 0 Å². The first-order chi connectivity index (χ1) is 16.4. The Bertz CT molecular complexity index is 1240. The number of fused-ring (bicyclic) bond motifs is 3. The molecule has 186 valence electrons. The summed E-state index contributed by atoms with van der Waals surface area (Å²) in [7, 11) is 3.07. The zero-order valence-corrected chi connectivity index (χ0v) is 19.7. The fourth-order valence-electron chi connectivity index (χ4n) is 5.87. The number of amides is 1. The summed E-state index contributed by atoms with van der Waals surface area (Å²) >= 11 is 0. The van der Waals surface area contributed by atoms with Crippen LogP contribution in [0.1, 0.15) is 47.7 Å². The van der Waals surface area contributed by atoms with Gasteiger partial charge in [-0.2, -0.15) is 0 Å². The van der Waals surface area contributed by atoms with Gasteiger partial charge in [0.1, 0.15) is 22.8 Å². The van der Waals surface area contributed by atoms with Crippen LogP contribution in [0.4, 0.5) is 0 Å². The fourth-order valence-corrected chi connectivity index (χ4v) is 5.87. The third-order valence-corrected chi connectivity index (χ3v) is 7.38. The lowest BCUT2D eigenvalue weighted by molar-refractivity contribution is -0.153. The number of nitrogens with zero attached hydrogens (tertiary/aromatic N) is 1. The van der Waals surface area contributed by atoms with Gasteiger partial charge in [-0.25, -0.2) is 0 Å². The van der Waals surface area contributed by atoms with Gasteiger partial charge < -0.3 is 26.2 Å². The summed E-state index contributed by atoms with van der Waals surface area (Å²) in [6.45, 7) is 1.85. The molecule has 1 fully saturated rings. The van der Waals surface area contributed by atoms with E-state index in [1.54, 1.807) is 0 Å². The number of phenols is 1. The Labute approximate surface area is 201 Å². The Balaban J connectivity index is 1.97. The van der Waals surface area contributed by atoms with Crippen molar-refractivity contribution in [2.24, 2.45) is 17.6 Å². The number of carbonyl (C=O) groups is 4. The number of primary amides is 1. The zero-order chi connectivity index (χ0) is 26.0. The number of phenolic OH excluding ortho intramolecular Hbond substituents is 1. The molecule has 35 heavy (non-hydrogen) atoms. The van der Waals surface area contributed by atoms with Gasteiger partial charge in [0, 0.05) is 23.5 Å². The first-order valence-electron chi connectivity index (χ1n) is 11.4. The molecule has 0 bridgehead atoms. The summed E-state index contributed by atoms with van der Waals surface area (Å²) in [5.41, 5.74) is 2.14. The average molecular weight is 485 g/mol. The van der Waals surface area contributed by atoms with Crippen molar-refractivity contribution in [3.05, 3.63) is 45.7 Å². The maximum absolute atomic E-state index is 13.7. The molecule has 10 nitrogen and oxygen atoms in total. The van der Waals surface area contributed by atoms with Gasteiger partial charge in [0.25, 0.3) is 5.91 Å². The van der Waals surface area contributed by atoms with E-state index in [2.05, 4.69) is 0 Å². The molecular formula is C25H28N2O8. The Hall–Kier alpha value is -3.50. The Morgan fingerprint density at radius 3 is 2.40 bits per heavy atom. The zero-order valence-electron chi connectivity index (χ0n) is 19.7. The minimum Gasteiger partial charge on any atom is -0.508 e. The first kappa shape index (κ1) is 24.6. The maximum atomic E-state index is 13.7. The van der Waals surface area contributed by atoms with Crippen LogP contribution in [-0.4, -0.2) is 74.3 Å². The van der Waals surface area contributed by atoms with Gasteiger partial charge in [-0.15, -0.1) is 0 Å². The first-order valence-corrected chi connectivity index (χ1v) is 11.4. The molecule has 1 aromatic rings. The second-order valence-corrected chi connectivity index (χ2v) is 9.62. The van der Waals surface area contributed by atoms with E-state index in [0.29, 0.717) is 17.5 Å². The van der Waals surface area contributed by atoms with E-state index in [4.69, 9.17) is 5.73 Å². The smallest absolute Gasteiger partial charge is 0.255 e. The second kappa shape index (κ2) is 8.31. The molecule has 0 heterocycles. The van der Waals surface area contributed by atoms with Crippen molar-refractivity contribution in [3.63, 3.8) is 0 Å². The van der Waals surface area contributed by atoms with Crippen LogP contribution in [0.15, 0.2) is 29.0 Å². The highest BCUT2D eigenvalue weighted by atomic mass is 16.3. The van der Waals surface area contributed by atoms with Crippen molar-refractivity contribution in [2.75, 3.05) is 14.1 Å². The second-order valence-electron chi connectivity index (χ2n) is 9.62. The van der Waals surface area contributed by atoms with E-state index in [9.17, 15) is 39.6 Å². The summed E-state index contributed by atoms with van der Waals surface area (Å²) in [4.78, 5) is 53.0. The molecule has 0 unspecified atom stereocenters. The third-order valence-electron chi connectivity index (χ3n) is 7.38. The Kier molecular flexibility index (Phi) is 5.85. The summed E-state index contributed by atoms with van der Waals surface area (Å²) in [6, 6.07) is 1.58. The number of aliphatic hydroxyl groups excluding tert-OH is 2. The van der Waals surface area contributed by atoms with Gasteiger partial charge >= 0.3 is 0 Å². The third kappa shape index (κ3) is 3.31. The van der Waals surface area contributed by atoms with Gasteiger partial charge in [-0.3, -0.25) is 24.1 Å². The number of aromatic hydroxyl groups is 1. The quantitative estimate of drug-likeness (QED) is 0.300. The van der Waals surface area contributed by atoms with Crippen LogP contribution >= 0.6 is 0 Å². The number of Topliss-reactive ketones (excluding diaryl/α,β-unsaturated/α-hetero) is 3. The number of aliphatic hydroxyl groups is 3. The van der Waals surface area contributed by atoms with Crippen LogP contribution in [0.2, 0.25) is 0 Å². The molecule has 1 saturated carbocycles. The van der Waals surface area contributed by atoms with E-state index in [1.165, 1.54) is 31.1 Å². The molecule has 4 atom stereocenters. The molecule has 4 rings (SSSR count). The summed E-state index contributed by atoms with van der Waals surface area (Å²) in [6.07, 6.45) is 0.919. The predicted octanol–water partition coefficient (Wildman–Crippen LogP) is 0.947. The van der Waals surface area contributed by atoms with E-state index >= 15 is 0 Å². The fraction of sp³-hybridized carbons (Fsp3) is 0.440. The van der Waals surface area contributed by atoms with E-state index in [1.807, 2.05) is 6.92 Å². The molecular weight excluding hydrogens is 456 g/mol. The van der Waals surface area contributed by atoms with Crippen LogP contribution in [0.25, 0.3) is 5.76 Å². The van der Waals surface area contributed by atoms with Crippen molar-refractivity contribution >= 4 is 29.0 Å². The monoisotopic (exact) mass is 484 g/mol. The van der Waals surface area contributed by atoms with Crippen LogP contribution in [0, 0.1) is 11.8 Å². The molecule has 10 heteroatoms. The molecule has 3 aliphatic carbocycles. The van der Waals surface area contributed by atoms with Crippen LogP contribution < -0.4 is 5.73 Å². The van der Waals surface area contributed by atoms with Crippen molar-refractivity contribution in [3.8, 4) is 5.75 Å². The van der Waals surface area contributed by atoms with Crippen molar-refractivity contribution in [1.82, 2.24) is 4.90 Å².